The highest BCUT2D eigenvalue weighted by atomic mass is 35.5. The van der Waals surface area contributed by atoms with Crippen LogP contribution in [0.25, 0.3) is 0 Å². The van der Waals surface area contributed by atoms with E-state index in [1.54, 1.807) is 17.5 Å². The molecule has 1 aromatic heterocycles. The number of carbonyl (C=O) groups excluding carboxylic acids is 1. The zero-order chi connectivity index (χ0) is 14.3. The van der Waals surface area contributed by atoms with Crippen LogP contribution in [0.15, 0.2) is 22.9 Å². The van der Waals surface area contributed by atoms with E-state index in [0.717, 1.165) is 5.56 Å². The number of aliphatic hydroxyl groups is 1. The highest BCUT2D eigenvalue weighted by Gasteiger charge is 2.29. The van der Waals surface area contributed by atoms with Crippen molar-refractivity contribution in [1.82, 2.24) is 0 Å². The molecule has 3 nitrogen and oxygen atoms in total. The van der Waals surface area contributed by atoms with Crippen molar-refractivity contribution in [2.24, 2.45) is 0 Å². The fourth-order valence-corrected chi connectivity index (χ4v) is 3.34. The predicted molar refractivity (Wildman–Crippen MR) is 79.4 cm³/mol. The number of ketones is 1. The fraction of sp³-hybridized carbons (Fsp3) is 0.214. The van der Waals surface area contributed by atoms with Crippen LogP contribution in [0.4, 0.5) is 0 Å². The van der Waals surface area contributed by atoms with Crippen molar-refractivity contribution in [3.8, 4) is 5.75 Å². The van der Waals surface area contributed by atoms with Crippen LogP contribution in [-0.2, 0) is 6.42 Å². The second-order valence-electron chi connectivity index (χ2n) is 4.51. The number of hydrogen-bond acceptors (Lipinski definition) is 4. The van der Waals surface area contributed by atoms with Crippen molar-refractivity contribution in [3.63, 3.8) is 0 Å². The summed E-state index contributed by atoms with van der Waals surface area (Å²) in [4.78, 5) is 12.4. The molecule has 104 valence electrons. The minimum atomic E-state index is -0.329. The van der Waals surface area contributed by atoms with Crippen molar-refractivity contribution >= 4 is 40.3 Å². The molecule has 0 radical (unpaired) electrons. The number of rotatable bonds is 3. The molecule has 1 aliphatic heterocycles. The SMILES string of the molecule is O=C(c1ccsc1)c1cc2c(c(Cl)c1Cl)OC(CO)C2. The summed E-state index contributed by atoms with van der Waals surface area (Å²) in [6.07, 6.45) is 0.192. The van der Waals surface area contributed by atoms with Gasteiger partial charge in [0.15, 0.2) is 5.78 Å². The molecule has 0 bridgehead atoms. The minimum Gasteiger partial charge on any atom is -0.486 e. The van der Waals surface area contributed by atoms with Crippen molar-refractivity contribution < 1.29 is 14.6 Å². The lowest BCUT2D eigenvalue weighted by atomic mass is 10.0. The first-order valence-corrected chi connectivity index (χ1v) is 7.67. The van der Waals surface area contributed by atoms with Crippen LogP contribution >= 0.6 is 34.5 Å². The molecule has 3 rings (SSSR count). The molecule has 6 heteroatoms. The lowest BCUT2D eigenvalue weighted by Crippen LogP contribution is -2.17. The Bertz CT molecular complexity index is 668. The van der Waals surface area contributed by atoms with E-state index < -0.39 is 0 Å². The summed E-state index contributed by atoms with van der Waals surface area (Å²) in [5.41, 5.74) is 1.76. The van der Waals surface area contributed by atoms with Gasteiger partial charge in [-0.2, -0.15) is 11.3 Å². The van der Waals surface area contributed by atoms with Crippen LogP contribution in [0.3, 0.4) is 0 Å². The van der Waals surface area contributed by atoms with Gasteiger partial charge in [0.2, 0.25) is 0 Å². The summed E-state index contributed by atoms with van der Waals surface area (Å²) >= 11 is 13.8. The molecule has 1 unspecified atom stereocenters. The van der Waals surface area contributed by atoms with E-state index in [1.807, 2.05) is 5.38 Å². The van der Waals surface area contributed by atoms with Crippen LogP contribution in [0.5, 0.6) is 5.75 Å². The summed E-state index contributed by atoms with van der Waals surface area (Å²) in [7, 11) is 0. The predicted octanol–water partition coefficient (Wildman–Crippen LogP) is 3.58. The number of halogens is 2. The number of aliphatic hydroxyl groups excluding tert-OH is 1. The van der Waals surface area contributed by atoms with E-state index >= 15 is 0 Å². The normalized spacial score (nSPS) is 16.9. The first kappa shape index (κ1) is 13.9. The average molecular weight is 329 g/mol. The monoisotopic (exact) mass is 328 g/mol. The van der Waals surface area contributed by atoms with Crippen molar-refractivity contribution in [2.45, 2.75) is 12.5 Å². The van der Waals surface area contributed by atoms with Crippen molar-refractivity contribution in [3.05, 3.63) is 49.6 Å². The number of carbonyl (C=O) groups is 1. The van der Waals surface area contributed by atoms with E-state index in [9.17, 15) is 4.79 Å². The van der Waals surface area contributed by atoms with E-state index in [-0.39, 0.29) is 28.5 Å². The fourth-order valence-electron chi connectivity index (χ4n) is 2.21. The highest BCUT2D eigenvalue weighted by Crippen LogP contribution is 2.43. The molecule has 20 heavy (non-hydrogen) atoms. The second kappa shape index (κ2) is 5.37. The Hall–Kier alpha value is -1.07. The Morgan fingerprint density at radius 1 is 1.45 bits per heavy atom. The van der Waals surface area contributed by atoms with Gasteiger partial charge in [-0.1, -0.05) is 23.2 Å². The van der Waals surface area contributed by atoms with Crippen LogP contribution in [0.1, 0.15) is 21.5 Å². The number of benzene rings is 1. The molecule has 1 aromatic carbocycles. The quantitative estimate of drug-likeness (QED) is 0.876. The molecule has 1 aliphatic rings. The molecule has 2 heterocycles. The molecule has 1 atom stereocenters. The third-order valence-corrected chi connectivity index (χ3v) is 4.74. The molecule has 0 saturated carbocycles. The van der Waals surface area contributed by atoms with Crippen LogP contribution in [-0.4, -0.2) is 23.6 Å². The topological polar surface area (TPSA) is 46.5 Å². The Morgan fingerprint density at radius 2 is 2.25 bits per heavy atom. The first-order valence-electron chi connectivity index (χ1n) is 5.97. The van der Waals surface area contributed by atoms with Crippen LogP contribution in [0, 0.1) is 0 Å². The molecule has 0 saturated heterocycles. The third-order valence-electron chi connectivity index (χ3n) is 3.20. The smallest absolute Gasteiger partial charge is 0.195 e. The summed E-state index contributed by atoms with van der Waals surface area (Å²) in [5.74, 6) is 0.311. The summed E-state index contributed by atoms with van der Waals surface area (Å²) in [6.45, 7) is -0.101. The average Bonchev–Trinajstić information content (AvgIpc) is 3.10. The Labute approximate surface area is 129 Å². The zero-order valence-corrected chi connectivity index (χ0v) is 12.6. The van der Waals surface area contributed by atoms with E-state index in [0.29, 0.717) is 23.3 Å². The molecule has 0 spiro atoms. The molecule has 0 fully saturated rings. The molecular weight excluding hydrogens is 319 g/mol. The largest absolute Gasteiger partial charge is 0.486 e. The van der Waals surface area contributed by atoms with E-state index in [1.165, 1.54) is 11.3 Å². The van der Waals surface area contributed by atoms with Gasteiger partial charge in [-0.05, 0) is 17.5 Å². The lowest BCUT2D eigenvalue weighted by Gasteiger charge is -2.10. The number of fused-ring (bicyclic) bond motifs is 1. The van der Waals surface area contributed by atoms with Crippen molar-refractivity contribution in [1.29, 1.82) is 0 Å². The first-order chi connectivity index (χ1) is 9.61. The van der Waals surface area contributed by atoms with Crippen LogP contribution < -0.4 is 4.74 Å². The standard InChI is InChI=1S/C14H10Cl2O3S/c15-11-10(13(18)7-1-2-20-6-7)4-8-3-9(5-17)19-14(8)12(11)16/h1-2,4,6,9,17H,3,5H2. The number of thiophene rings is 1. The maximum atomic E-state index is 12.4. The van der Waals surface area contributed by atoms with Gasteiger partial charge < -0.3 is 9.84 Å². The molecule has 2 aromatic rings. The molecule has 0 aliphatic carbocycles. The van der Waals surface area contributed by atoms with Gasteiger partial charge in [-0.15, -0.1) is 0 Å². The highest BCUT2D eigenvalue weighted by molar-refractivity contribution is 7.08. The summed E-state index contributed by atoms with van der Waals surface area (Å²) in [5, 5.41) is 13.2. The lowest BCUT2D eigenvalue weighted by molar-refractivity contribution is 0.103. The Balaban J connectivity index is 2.07. The van der Waals surface area contributed by atoms with Gasteiger partial charge >= 0.3 is 0 Å². The number of ether oxygens (including phenoxy) is 1. The maximum absolute atomic E-state index is 12.4. The zero-order valence-electron chi connectivity index (χ0n) is 10.2. The van der Waals surface area contributed by atoms with Gasteiger partial charge in [0.25, 0.3) is 0 Å². The number of hydrogen-bond donors (Lipinski definition) is 1. The second-order valence-corrected chi connectivity index (χ2v) is 6.04. The van der Waals surface area contributed by atoms with E-state index in [4.69, 9.17) is 33.0 Å². The third kappa shape index (κ3) is 2.23. The van der Waals surface area contributed by atoms with Gasteiger partial charge in [-0.3, -0.25) is 4.79 Å². The van der Waals surface area contributed by atoms with Gasteiger partial charge in [-0.25, -0.2) is 0 Å². The summed E-state index contributed by atoms with van der Waals surface area (Å²) in [6, 6.07) is 3.46. The van der Waals surface area contributed by atoms with Crippen molar-refractivity contribution in [2.75, 3.05) is 6.61 Å². The minimum absolute atomic E-state index is 0.101. The Kier molecular flexibility index (Phi) is 3.73. The summed E-state index contributed by atoms with van der Waals surface area (Å²) < 4.78 is 5.52. The Morgan fingerprint density at radius 3 is 2.90 bits per heavy atom. The molecule has 0 amide bonds. The maximum Gasteiger partial charge on any atom is 0.195 e. The van der Waals surface area contributed by atoms with Gasteiger partial charge in [0.05, 0.1) is 11.6 Å². The van der Waals surface area contributed by atoms with Crippen LogP contribution in [0.2, 0.25) is 10.0 Å². The van der Waals surface area contributed by atoms with E-state index in [2.05, 4.69) is 0 Å². The molecular formula is C14H10Cl2O3S. The molecule has 1 N–H and O–H groups in total. The van der Waals surface area contributed by atoms with Gasteiger partial charge in [0.1, 0.15) is 16.9 Å². The van der Waals surface area contributed by atoms with Gasteiger partial charge in [0, 0.05) is 28.5 Å².